The fourth-order valence-corrected chi connectivity index (χ4v) is 5.34. The van der Waals surface area contributed by atoms with Gasteiger partial charge in [0.25, 0.3) is 5.91 Å². The molecule has 1 amide bonds. The third-order valence-electron chi connectivity index (χ3n) is 6.13. The minimum Gasteiger partial charge on any atom is -0.392 e. The van der Waals surface area contributed by atoms with Crippen LogP contribution in [0.3, 0.4) is 0 Å². The van der Waals surface area contributed by atoms with Crippen LogP contribution in [0.1, 0.15) is 70.4 Å². The van der Waals surface area contributed by atoms with Crippen molar-refractivity contribution in [3.8, 4) is 0 Å². The summed E-state index contributed by atoms with van der Waals surface area (Å²) in [7, 11) is 0. The van der Waals surface area contributed by atoms with Crippen LogP contribution >= 0.6 is 11.3 Å². The van der Waals surface area contributed by atoms with E-state index in [1.807, 2.05) is 26.2 Å². The summed E-state index contributed by atoms with van der Waals surface area (Å²) < 4.78 is 12.3. The first-order valence-electron chi connectivity index (χ1n) is 11.6. The van der Waals surface area contributed by atoms with E-state index in [2.05, 4.69) is 30.3 Å². The number of halogens is 1. The van der Waals surface area contributed by atoms with E-state index < -0.39 is 6.67 Å². The van der Waals surface area contributed by atoms with Crippen molar-refractivity contribution in [3.63, 3.8) is 0 Å². The average Bonchev–Trinajstić information content (AvgIpc) is 3.24. The molecule has 0 aromatic carbocycles. The van der Waals surface area contributed by atoms with Crippen LogP contribution in [0.25, 0.3) is 0 Å². The molecule has 1 aliphatic heterocycles. The number of nitrogens with zero attached hydrogens (tertiary/aromatic N) is 5. The highest BCUT2D eigenvalue weighted by molar-refractivity contribution is 7.13. The molecule has 1 aliphatic carbocycles. The van der Waals surface area contributed by atoms with Gasteiger partial charge in [-0.15, -0.1) is 11.3 Å². The molecule has 1 saturated carbocycles. The van der Waals surface area contributed by atoms with Crippen molar-refractivity contribution in [2.45, 2.75) is 64.4 Å². The zero-order valence-electron chi connectivity index (χ0n) is 19.2. The molecule has 2 fully saturated rings. The minimum absolute atomic E-state index is 0.0352. The molecular formula is C23H31FN6O2S. The molecule has 3 heterocycles. The SMILES string of the molecule is Cc1cnc(N2CCC(ON=C3CCC(c4nc(C)c(C(=O)NCCF)s4)CC3)CC2)nc1. The minimum atomic E-state index is -0.566. The Labute approximate surface area is 197 Å². The molecule has 0 spiro atoms. The second-order valence-electron chi connectivity index (χ2n) is 8.70. The first-order chi connectivity index (χ1) is 16.0. The van der Waals surface area contributed by atoms with Gasteiger partial charge in [-0.1, -0.05) is 5.16 Å². The Morgan fingerprint density at radius 3 is 2.58 bits per heavy atom. The van der Waals surface area contributed by atoms with Crippen molar-refractivity contribution in [3.05, 3.63) is 33.5 Å². The standard InChI is InChI=1S/C23H31FN6O2S/c1-15-13-26-23(27-14-15)30-11-7-19(8-12-30)32-29-18-5-3-17(4-6-18)22-28-16(2)20(33-22)21(31)25-10-9-24/h13-14,17,19H,3-12H2,1-2H3,(H,25,31). The first kappa shape index (κ1) is 23.5. The molecule has 0 radical (unpaired) electrons. The largest absolute Gasteiger partial charge is 0.392 e. The van der Waals surface area contributed by atoms with Crippen molar-refractivity contribution >= 4 is 28.9 Å². The molecule has 1 N–H and O–H groups in total. The Bertz CT molecular complexity index is 962. The van der Waals surface area contributed by atoms with Crippen molar-refractivity contribution in [1.29, 1.82) is 0 Å². The maximum Gasteiger partial charge on any atom is 0.263 e. The lowest BCUT2D eigenvalue weighted by atomic mass is 9.88. The Balaban J connectivity index is 1.23. The van der Waals surface area contributed by atoms with Gasteiger partial charge in [-0.05, 0) is 45.1 Å². The number of nitrogens with one attached hydrogen (secondary N) is 1. The molecule has 0 unspecified atom stereocenters. The average molecular weight is 475 g/mol. The zero-order chi connectivity index (χ0) is 23.2. The number of rotatable bonds is 7. The summed E-state index contributed by atoms with van der Waals surface area (Å²) in [5.41, 5.74) is 2.88. The Morgan fingerprint density at radius 2 is 1.91 bits per heavy atom. The van der Waals surface area contributed by atoms with Crippen LogP contribution in [0.15, 0.2) is 17.5 Å². The number of hydrogen-bond donors (Lipinski definition) is 1. The van der Waals surface area contributed by atoms with Gasteiger partial charge >= 0.3 is 0 Å². The van der Waals surface area contributed by atoms with Gasteiger partial charge in [0, 0.05) is 50.8 Å². The van der Waals surface area contributed by atoms with Crippen molar-refractivity contribution < 1.29 is 14.0 Å². The summed E-state index contributed by atoms with van der Waals surface area (Å²) in [5, 5.41) is 8.05. The van der Waals surface area contributed by atoms with E-state index in [9.17, 15) is 9.18 Å². The number of carbonyl (C=O) groups excluding carboxylic acids is 1. The maximum atomic E-state index is 12.3. The number of piperidine rings is 1. The molecule has 0 bridgehead atoms. The van der Waals surface area contributed by atoms with Gasteiger partial charge < -0.3 is 15.1 Å². The van der Waals surface area contributed by atoms with Crippen LogP contribution in [-0.2, 0) is 4.84 Å². The summed E-state index contributed by atoms with van der Waals surface area (Å²) in [4.78, 5) is 34.3. The lowest BCUT2D eigenvalue weighted by Crippen LogP contribution is -2.37. The van der Waals surface area contributed by atoms with Gasteiger partial charge in [-0.25, -0.2) is 19.3 Å². The monoisotopic (exact) mass is 474 g/mol. The Kier molecular flexibility index (Phi) is 7.85. The number of carbonyl (C=O) groups is 1. The summed E-state index contributed by atoms with van der Waals surface area (Å²) in [6.45, 7) is 5.03. The fraction of sp³-hybridized carbons (Fsp3) is 0.609. The summed E-state index contributed by atoms with van der Waals surface area (Å²) >= 11 is 1.43. The van der Waals surface area contributed by atoms with Crippen molar-refractivity contribution in [2.75, 3.05) is 31.2 Å². The highest BCUT2D eigenvalue weighted by Gasteiger charge is 2.26. The van der Waals surface area contributed by atoms with Gasteiger partial charge in [-0.3, -0.25) is 4.79 Å². The molecule has 0 atom stereocenters. The van der Waals surface area contributed by atoms with Crippen LogP contribution in [0, 0.1) is 13.8 Å². The molecule has 2 aliphatic rings. The third kappa shape index (κ3) is 6.04. The molecule has 33 heavy (non-hydrogen) atoms. The van der Waals surface area contributed by atoms with E-state index in [1.165, 1.54) is 11.3 Å². The number of aromatic nitrogens is 3. The number of anilines is 1. The second-order valence-corrected chi connectivity index (χ2v) is 9.73. The van der Waals surface area contributed by atoms with E-state index in [0.29, 0.717) is 10.8 Å². The van der Waals surface area contributed by atoms with Gasteiger partial charge in [-0.2, -0.15) is 0 Å². The van der Waals surface area contributed by atoms with E-state index in [0.717, 1.165) is 79.5 Å². The number of aryl methyl sites for hydroxylation is 2. The highest BCUT2D eigenvalue weighted by atomic mass is 32.1. The second kappa shape index (κ2) is 11.0. The van der Waals surface area contributed by atoms with E-state index in [4.69, 9.17) is 4.84 Å². The van der Waals surface area contributed by atoms with E-state index >= 15 is 0 Å². The van der Waals surface area contributed by atoms with Crippen molar-refractivity contribution in [2.24, 2.45) is 5.16 Å². The quantitative estimate of drug-likeness (QED) is 0.611. The number of thiazole rings is 1. The molecule has 2 aromatic rings. The van der Waals surface area contributed by atoms with Gasteiger partial charge in [0.05, 0.1) is 16.4 Å². The summed E-state index contributed by atoms with van der Waals surface area (Å²) in [6, 6.07) is 0. The first-order valence-corrected chi connectivity index (χ1v) is 12.4. The van der Waals surface area contributed by atoms with Crippen molar-refractivity contribution in [1.82, 2.24) is 20.3 Å². The highest BCUT2D eigenvalue weighted by Crippen LogP contribution is 2.35. The van der Waals surface area contributed by atoms with Gasteiger partial charge in [0.1, 0.15) is 17.7 Å². The lowest BCUT2D eigenvalue weighted by Gasteiger charge is -2.31. The number of alkyl halides is 1. The summed E-state index contributed by atoms with van der Waals surface area (Å²) in [5.74, 6) is 0.873. The van der Waals surface area contributed by atoms with Crippen LogP contribution in [0.2, 0.25) is 0 Å². The predicted molar refractivity (Wildman–Crippen MR) is 127 cm³/mol. The Morgan fingerprint density at radius 1 is 1.21 bits per heavy atom. The molecule has 1 saturated heterocycles. The van der Waals surface area contributed by atoms with Gasteiger partial charge in [0.15, 0.2) is 0 Å². The van der Waals surface area contributed by atoms with Crippen LogP contribution in [0.5, 0.6) is 0 Å². The normalized spacial score (nSPS) is 19.4. The fourth-order valence-electron chi connectivity index (χ4n) is 4.19. The molecule has 8 nitrogen and oxygen atoms in total. The number of amides is 1. The number of oxime groups is 1. The molecule has 178 valence electrons. The molecule has 4 rings (SSSR count). The lowest BCUT2D eigenvalue weighted by molar-refractivity contribution is 0.0406. The van der Waals surface area contributed by atoms with Crippen LogP contribution in [-0.4, -0.2) is 59.0 Å². The third-order valence-corrected chi connectivity index (χ3v) is 7.45. The molecule has 2 aromatic heterocycles. The number of hydrogen-bond acceptors (Lipinski definition) is 8. The predicted octanol–water partition coefficient (Wildman–Crippen LogP) is 3.95. The van der Waals surface area contributed by atoms with Crippen LogP contribution < -0.4 is 10.2 Å². The zero-order valence-corrected chi connectivity index (χ0v) is 20.0. The topological polar surface area (TPSA) is 92.6 Å². The Hall–Kier alpha value is -2.62. The van der Waals surface area contributed by atoms with Crippen LogP contribution in [0.4, 0.5) is 10.3 Å². The maximum absolute atomic E-state index is 12.3. The molecular weight excluding hydrogens is 443 g/mol. The van der Waals surface area contributed by atoms with Gasteiger partial charge in [0.2, 0.25) is 5.95 Å². The smallest absolute Gasteiger partial charge is 0.263 e. The molecule has 10 heteroatoms. The summed E-state index contributed by atoms with van der Waals surface area (Å²) in [6.07, 6.45) is 9.29. The van der Waals surface area contributed by atoms with E-state index in [-0.39, 0.29) is 18.6 Å². The van der Waals surface area contributed by atoms with E-state index in [1.54, 1.807) is 0 Å².